The van der Waals surface area contributed by atoms with Crippen LogP contribution in [0.3, 0.4) is 0 Å². The summed E-state index contributed by atoms with van der Waals surface area (Å²) in [6, 6.07) is 30.3. The number of anilines is 1. The largest absolute Gasteiger partial charge is 0.497 e. The van der Waals surface area contributed by atoms with E-state index in [-0.39, 0.29) is 59.5 Å². The van der Waals surface area contributed by atoms with E-state index in [1.165, 1.54) is 20.3 Å². The van der Waals surface area contributed by atoms with E-state index in [0.29, 0.717) is 49.7 Å². The Bertz CT molecular complexity index is 2830. The Hall–Kier alpha value is -6.89. The van der Waals surface area contributed by atoms with Crippen LogP contribution in [0.1, 0.15) is 49.4 Å². The minimum atomic E-state index is -4.61. The number of methoxy groups -OCH3 is 3. The molecule has 2 N–H and O–H groups in total. The average molecular weight is 906 g/mol. The zero-order valence-electron chi connectivity index (χ0n) is 36.1. The number of amides is 1. The third-order valence-corrected chi connectivity index (χ3v) is 12.9. The molecule has 0 fully saturated rings. The summed E-state index contributed by atoms with van der Waals surface area (Å²) >= 11 is 1.22. The maximum atomic E-state index is 16.0. The van der Waals surface area contributed by atoms with Crippen LogP contribution in [0.2, 0.25) is 0 Å². The van der Waals surface area contributed by atoms with E-state index in [2.05, 4.69) is 20.8 Å². The van der Waals surface area contributed by atoms with Gasteiger partial charge < -0.3 is 24.1 Å². The highest BCUT2D eigenvalue weighted by Gasteiger charge is 2.35. The first-order chi connectivity index (χ1) is 30.6. The van der Waals surface area contributed by atoms with Crippen molar-refractivity contribution in [3.05, 3.63) is 125 Å². The molecule has 0 aliphatic heterocycles. The van der Waals surface area contributed by atoms with Crippen molar-refractivity contribution in [3.63, 3.8) is 0 Å². The monoisotopic (exact) mass is 905 g/mol. The lowest BCUT2D eigenvalue weighted by Crippen LogP contribution is -2.32. The number of sulfonamides is 1. The van der Waals surface area contributed by atoms with Crippen LogP contribution in [0.25, 0.3) is 32.7 Å². The third-order valence-electron chi connectivity index (χ3n) is 10.0. The number of ether oxygens (including phenoxy) is 4. The van der Waals surface area contributed by atoms with E-state index in [1.807, 2.05) is 24.3 Å². The SMILES string of the molecule is COc1ccc(CN(Cc2ccc(OC)cc2)S(=O)(=O)c2c(CCC(=O)O)ccc(-c3cccc4sc(NC(=O)OC(C)(C)C)nc34)c2-c2nnnn2Cc2ccc(OC)cc2)cc1. The number of carboxylic acid groups (broad SMARTS) is 1. The van der Waals surface area contributed by atoms with Gasteiger partial charge in [-0.1, -0.05) is 72.0 Å². The zero-order valence-corrected chi connectivity index (χ0v) is 37.7. The van der Waals surface area contributed by atoms with Gasteiger partial charge in [-0.2, -0.15) is 4.31 Å². The summed E-state index contributed by atoms with van der Waals surface area (Å²) in [5.41, 5.74) is 3.13. The molecule has 0 spiro atoms. The fourth-order valence-electron chi connectivity index (χ4n) is 7.03. The Balaban J connectivity index is 1.48. The van der Waals surface area contributed by atoms with E-state index in [0.717, 1.165) is 5.56 Å². The van der Waals surface area contributed by atoms with E-state index < -0.39 is 27.7 Å². The molecule has 0 saturated heterocycles. The smallest absolute Gasteiger partial charge is 0.413 e. The molecule has 7 rings (SSSR count). The summed E-state index contributed by atoms with van der Waals surface area (Å²) in [4.78, 5) is 29.7. The van der Waals surface area contributed by atoms with Gasteiger partial charge in [0, 0.05) is 30.6 Å². The number of benzene rings is 5. The lowest BCUT2D eigenvalue weighted by molar-refractivity contribution is -0.137. The molecule has 0 aliphatic carbocycles. The molecule has 0 unspecified atom stereocenters. The molecule has 18 heteroatoms. The number of carbonyl (C=O) groups is 2. The summed E-state index contributed by atoms with van der Waals surface area (Å²) in [6.45, 7) is 5.27. The van der Waals surface area contributed by atoms with Gasteiger partial charge >= 0.3 is 12.1 Å². The minimum Gasteiger partial charge on any atom is -0.497 e. The predicted molar refractivity (Wildman–Crippen MR) is 242 cm³/mol. The van der Waals surface area contributed by atoms with Crippen molar-refractivity contribution in [2.75, 3.05) is 26.6 Å². The number of aryl methyl sites for hydroxylation is 1. The second-order valence-electron chi connectivity index (χ2n) is 15.6. The highest BCUT2D eigenvalue weighted by Crippen LogP contribution is 2.44. The van der Waals surface area contributed by atoms with Crippen LogP contribution in [0.4, 0.5) is 9.93 Å². The molecule has 0 aliphatic rings. The molecular weight excluding hydrogens is 859 g/mol. The van der Waals surface area contributed by atoms with Crippen LogP contribution < -0.4 is 19.5 Å². The molecule has 64 heavy (non-hydrogen) atoms. The quantitative estimate of drug-likeness (QED) is 0.0884. The van der Waals surface area contributed by atoms with Crippen LogP contribution in [-0.4, -0.2) is 82.0 Å². The number of carbonyl (C=O) groups excluding carboxylic acids is 1. The molecule has 1 amide bonds. The lowest BCUT2D eigenvalue weighted by Gasteiger charge is -2.27. The number of hydrogen-bond donors (Lipinski definition) is 2. The Morgan fingerprint density at radius 1 is 0.781 bits per heavy atom. The van der Waals surface area contributed by atoms with Crippen LogP contribution in [-0.2, 0) is 45.6 Å². The van der Waals surface area contributed by atoms with Gasteiger partial charge in [0.05, 0.1) is 43.0 Å². The van der Waals surface area contributed by atoms with Gasteiger partial charge in [0.2, 0.25) is 10.0 Å². The van der Waals surface area contributed by atoms with Crippen LogP contribution in [0, 0.1) is 0 Å². The maximum absolute atomic E-state index is 16.0. The van der Waals surface area contributed by atoms with Crippen molar-refractivity contribution in [1.82, 2.24) is 29.5 Å². The second kappa shape index (κ2) is 19.2. The Kier molecular flexibility index (Phi) is 13.6. The number of thiazole rings is 1. The van der Waals surface area contributed by atoms with Crippen molar-refractivity contribution >= 4 is 48.8 Å². The van der Waals surface area contributed by atoms with Gasteiger partial charge in [-0.3, -0.25) is 10.1 Å². The molecule has 0 radical (unpaired) electrons. The van der Waals surface area contributed by atoms with Gasteiger partial charge in [0.25, 0.3) is 0 Å². The van der Waals surface area contributed by atoms with Gasteiger partial charge in [-0.25, -0.2) is 22.9 Å². The molecule has 5 aromatic carbocycles. The summed E-state index contributed by atoms with van der Waals surface area (Å²) < 4.78 is 57.1. The van der Waals surface area contributed by atoms with Crippen LogP contribution in [0.15, 0.2) is 108 Å². The summed E-state index contributed by atoms with van der Waals surface area (Å²) in [5.74, 6) is 0.846. The number of para-hydroxylation sites is 1. The molecule has 2 aromatic heterocycles. The molecule has 2 heterocycles. The number of carboxylic acids is 1. The first-order valence-corrected chi connectivity index (χ1v) is 22.3. The van der Waals surface area contributed by atoms with E-state index in [1.54, 1.807) is 121 Å². The first kappa shape index (κ1) is 45.1. The molecule has 332 valence electrons. The van der Waals surface area contributed by atoms with Crippen LogP contribution in [0.5, 0.6) is 17.2 Å². The topological polar surface area (TPSA) is 197 Å². The van der Waals surface area contributed by atoms with Gasteiger partial charge in [-0.15, -0.1) is 5.10 Å². The normalized spacial score (nSPS) is 11.7. The molecule has 0 bridgehead atoms. The second-order valence-corrected chi connectivity index (χ2v) is 18.6. The number of fused-ring (bicyclic) bond motifs is 1. The predicted octanol–water partition coefficient (Wildman–Crippen LogP) is 8.45. The summed E-state index contributed by atoms with van der Waals surface area (Å²) in [7, 11) is 0.0592. The van der Waals surface area contributed by atoms with Gasteiger partial charge in [-0.05, 0) is 108 Å². The number of hydrogen-bond acceptors (Lipinski definition) is 13. The van der Waals surface area contributed by atoms with E-state index in [9.17, 15) is 14.7 Å². The Labute approximate surface area is 374 Å². The number of tetrazole rings is 1. The Morgan fingerprint density at radius 3 is 1.91 bits per heavy atom. The molecule has 7 aromatic rings. The highest BCUT2D eigenvalue weighted by molar-refractivity contribution is 7.89. The maximum Gasteiger partial charge on any atom is 0.413 e. The minimum absolute atomic E-state index is 0.0709. The molecular formula is C46H47N7O9S2. The van der Waals surface area contributed by atoms with Gasteiger partial charge in [0.15, 0.2) is 11.0 Å². The number of aliphatic carboxylic acids is 1. The third kappa shape index (κ3) is 10.5. The lowest BCUT2D eigenvalue weighted by atomic mass is 9.94. The fourth-order valence-corrected chi connectivity index (χ4v) is 9.77. The molecule has 0 atom stereocenters. The number of rotatable bonds is 17. The molecule has 0 saturated carbocycles. The van der Waals surface area contributed by atoms with Gasteiger partial charge in [0.1, 0.15) is 22.8 Å². The number of nitrogens with one attached hydrogen (secondary N) is 1. The van der Waals surface area contributed by atoms with E-state index >= 15 is 8.42 Å². The van der Waals surface area contributed by atoms with Crippen molar-refractivity contribution in [3.8, 4) is 39.8 Å². The number of aromatic nitrogens is 5. The summed E-state index contributed by atoms with van der Waals surface area (Å²) in [5, 5.41) is 25.9. The highest BCUT2D eigenvalue weighted by atomic mass is 32.2. The van der Waals surface area contributed by atoms with Crippen LogP contribution >= 0.6 is 11.3 Å². The van der Waals surface area contributed by atoms with Crippen molar-refractivity contribution < 1.29 is 42.1 Å². The number of nitrogens with zero attached hydrogens (tertiary/aromatic N) is 6. The average Bonchev–Trinajstić information content (AvgIpc) is 3.91. The first-order valence-electron chi connectivity index (χ1n) is 20.1. The van der Waals surface area contributed by atoms with Crippen molar-refractivity contribution in [1.29, 1.82) is 0 Å². The zero-order chi connectivity index (χ0) is 45.6. The summed E-state index contributed by atoms with van der Waals surface area (Å²) in [6.07, 6.45) is -1.19. The van der Waals surface area contributed by atoms with Crippen molar-refractivity contribution in [2.45, 2.75) is 63.7 Å². The van der Waals surface area contributed by atoms with Crippen molar-refractivity contribution in [2.24, 2.45) is 0 Å². The molecule has 16 nitrogen and oxygen atoms in total. The Morgan fingerprint density at radius 2 is 1.36 bits per heavy atom. The van der Waals surface area contributed by atoms with E-state index in [4.69, 9.17) is 23.9 Å². The standard InChI is InChI=1S/C46H47N7O9S2/c1-46(2,3)62-45(56)48-44-47-41-37(8-7-9-38(41)63-44)36-24-16-32(17-25-39(54)55)42(40(36)43-49-50-51-53(43)28-31-14-22-35(61-6)23-15-31)64(57,58)52(26-29-10-18-33(59-4)19-11-29)27-30-12-20-34(60-5)21-13-30/h7-16,18-24H,17,25-28H2,1-6H3,(H,54,55)(H,47,48,56). The fraction of sp³-hybridized carbons (Fsp3) is 0.261.